The molecule has 1 aromatic heterocycles. The molecule has 100 valence electrons. The lowest BCUT2D eigenvalue weighted by Gasteiger charge is -2.32. The fourth-order valence-corrected chi connectivity index (χ4v) is 2.40. The van der Waals surface area contributed by atoms with Crippen molar-refractivity contribution in [2.75, 3.05) is 26.2 Å². The molecule has 1 saturated heterocycles. The zero-order chi connectivity index (χ0) is 13.3. The Balaban J connectivity index is 2.00. The number of rotatable bonds is 2. The molecule has 1 amide bonds. The van der Waals surface area contributed by atoms with E-state index >= 15 is 0 Å². The maximum absolute atomic E-state index is 12.0. The summed E-state index contributed by atoms with van der Waals surface area (Å²) in [6.07, 6.45) is 0. The molecule has 0 radical (unpaired) electrons. The second kappa shape index (κ2) is 4.63. The van der Waals surface area contributed by atoms with Crippen molar-refractivity contribution in [1.29, 1.82) is 0 Å². The van der Waals surface area contributed by atoms with Crippen LogP contribution in [0.3, 0.4) is 0 Å². The first-order valence-corrected chi connectivity index (χ1v) is 6.84. The van der Waals surface area contributed by atoms with E-state index in [2.05, 4.69) is 15.2 Å². The van der Waals surface area contributed by atoms with Gasteiger partial charge in [0.15, 0.2) is 0 Å². The molecule has 2 rings (SSSR count). The summed E-state index contributed by atoms with van der Waals surface area (Å²) >= 11 is 0. The number of carbonyl (C=O) groups excluding carboxylic acids is 1. The number of nitrogens with one attached hydrogen (secondary N) is 1. The van der Waals surface area contributed by atoms with Crippen LogP contribution in [-0.4, -0.2) is 64.9 Å². The van der Waals surface area contributed by atoms with E-state index in [4.69, 9.17) is 5.14 Å². The molecule has 18 heavy (non-hydrogen) atoms. The minimum absolute atomic E-state index is 0.0940. The number of amides is 1. The quantitative estimate of drug-likeness (QED) is 0.650. The fraction of sp³-hybridized carbons (Fsp3) is 0.625. The van der Waals surface area contributed by atoms with Gasteiger partial charge in [-0.15, -0.1) is 5.10 Å². The summed E-state index contributed by atoms with van der Waals surface area (Å²) in [5, 5.41) is 11.4. The van der Waals surface area contributed by atoms with Crippen molar-refractivity contribution in [1.82, 2.24) is 24.4 Å². The monoisotopic (exact) mass is 274 g/mol. The van der Waals surface area contributed by atoms with E-state index in [1.807, 2.05) is 0 Å². The molecule has 3 N–H and O–H groups in total. The van der Waals surface area contributed by atoms with Crippen molar-refractivity contribution in [3.05, 3.63) is 11.6 Å². The van der Waals surface area contributed by atoms with Crippen molar-refractivity contribution in [2.24, 2.45) is 5.14 Å². The normalized spacial score (nSPS) is 18.0. The lowest BCUT2D eigenvalue weighted by molar-refractivity contribution is 0.0686. The number of hydrogen-bond donors (Lipinski definition) is 2. The van der Waals surface area contributed by atoms with Gasteiger partial charge in [-0.3, -0.25) is 9.89 Å². The zero-order valence-electron chi connectivity index (χ0n) is 9.83. The molecule has 0 aliphatic carbocycles. The average molecular weight is 274 g/mol. The van der Waals surface area contributed by atoms with Gasteiger partial charge >= 0.3 is 0 Å². The Morgan fingerprint density at radius 1 is 1.33 bits per heavy atom. The van der Waals surface area contributed by atoms with Gasteiger partial charge in [0.2, 0.25) is 5.82 Å². The Bertz CT molecular complexity index is 545. The second-order valence-electron chi connectivity index (χ2n) is 3.98. The van der Waals surface area contributed by atoms with Crippen LogP contribution < -0.4 is 5.14 Å². The number of nitrogens with zero attached hydrogens (tertiary/aromatic N) is 4. The zero-order valence-corrected chi connectivity index (χ0v) is 10.6. The maximum atomic E-state index is 12.0. The molecule has 9 nitrogen and oxygen atoms in total. The van der Waals surface area contributed by atoms with Gasteiger partial charge in [0.1, 0.15) is 5.82 Å². The number of H-pyrrole nitrogens is 1. The van der Waals surface area contributed by atoms with E-state index in [0.29, 0.717) is 5.82 Å². The molecule has 1 aromatic rings. The first kappa shape index (κ1) is 12.9. The number of aryl methyl sites for hydroxylation is 1. The summed E-state index contributed by atoms with van der Waals surface area (Å²) < 4.78 is 23.4. The molecule has 1 fully saturated rings. The third-order valence-corrected chi connectivity index (χ3v) is 3.76. The van der Waals surface area contributed by atoms with Gasteiger partial charge in [0.05, 0.1) is 0 Å². The van der Waals surface area contributed by atoms with Crippen molar-refractivity contribution in [3.8, 4) is 0 Å². The van der Waals surface area contributed by atoms with E-state index in [0.717, 1.165) is 4.31 Å². The summed E-state index contributed by atoms with van der Waals surface area (Å²) in [6, 6.07) is 0. The standard InChI is InChI=1S/C8H14N6O3S/c1-6-10-7(12-11-6)8(15)13-2-4-14(5-3-13)18(9,16)17/h2-5H2,1H3,(H2,9,16,17)(H,10,11,12). The summed E-state index contributed by atoms with van der Waals surface area (Å²) in [4.78, 5) is 17.4. The van der Waals surface area contributed by atoms with Crippen LogP contribution in [0.5, 0.6) is 0 Å². The van der Waals surface area contributed by atoms with E-state index in [-0.39, 0.29) is 37.9 Å². The Labute approximate surface area is 104 Å². The Kier molecular flexibility index (Phi) is 3.32. The van der Waals surface area contributed by atoms with Crippen LogP contribution in [-0.2, 0) is 10.2 Å². The number of carbonyl (C=O) groups is 1. The van der Waals surface area contributed by atoms with Gasteiger partial charge < -0.3 is 4.90 Å². The van der Waals surface area contributed by atoms with E-state index in [9.17, 15) is 13.2 Å². The molecule has 0 unspecified atom stereocenters. The lowest BCUT2D eigenvalue weighted by Crippen LogP contribution is -2.52. The number of aromatic nitrogens is 3. The summed E-state index contributed by atoms with van der Waals surface area (Å²) in [5.41, 5.74) is 0. The van der Waals surface area contributed by atoms with E-state index < -0.39 is 10.2 Å². The molecule has 1 aliphatic heterocycles. The SMILES string of the molecule is Cc1nc(C(=O)N2CCN(S(N)(=O)=O)CC2)n[nH]1. The fourth-order valence-electron chi connectivity index (χ4n) is 1.73. The molecule has 0 atom stereocenters. The maximum Gasteiger partial charge on any atom is 0.293 e. The topological polar surface area (TPSA) is 125 Å². The molecule has 0 spiro atoms. The number of aromatic amines is 1. The molecule has 2 heterocycles. The highest BCUT2D eigenvalue weighted by atomic mass is 32.2. The third-order valence-electron chi connectivity index (χ3n) is 2.67. The van der Waals surface area contributed by atoms with Gasteiger partial charge in [-0.2, -0.15) is 12.7 Å². The predicted octanol–water partition coefficient (Wildman–Crippen LogP) is -1.93. The summed E-state index contributed by atoms with van der Waals surface area (Å²) in [5.74, 6) is 0.339. The minimum Gasteiger partial charge on any atom is -0.333 e. The van der Waals surface area contributed by atoms with Crippen LogP contribution in [0.2, 0.25) is 0 Å². The van der Waals surface area contributed by atoms with Gasteiger partial charge in [0.25, 0.3) is 16.1 Å². The van der Waals surface area contributed by atoms with Gasteiger partial charge in [-0.05, 0) is 6.92 Å². The summed E-state index contributed by atoms with van der Waals surface area (Å²) in [7, 11) is -3.68. The Morgan fingerprint density at radius 3 is 2.39 bits per heavy atom. The van der Waals surface area contributed by atoms with Gasteiger partial charge in [0, 0.05) is 26.2 Å². The first-order valence-electron chi connectivity index (χ1n) is 5.34. The van der Waals surface area contributed by atoms with Crippen molar-refractivity contribution < 1.29 is 13.2 Å². The van der Waals surface area contributed by atoms with Crippen LogP contribution >= 0.6 is 0 Å². The molecular weight excluding hydrogens is 260 g/mol. The summed E-state index contributed by atoms with van der Waals surface area (Å²) in [6.45, 7) is 2.64. The average Bonchev–Trinajstić information content (AvgIpc) is 2.74. The van der Waals surface area contributed by atoms with Crippen LogP contribution in [0.1, 0.15) is 16.4 Å². The number of hydrogen-bond acceptors (Lipinski definition) is 5. The third kappa shape index (κ3) is 2.66. The van der Waals surface area contributed by atoms with Crippen molar-refractivity contribution in [3.63, 3.8) is 0 Å². The second-order valence-corrected chi connectivity index (χ2v) is 5.53. The number of piperazine rings is 1. The lowest BCUT2D eigenvalue weighted by atomic mass is 10.3. The highest BCUT2D eigenvalue weighted by Crippen LogP contribution is 2.07. The van der Waals surface area contributed by atoms with E-state index in [1.54, 1.807) is 6.92 Å². The van der Waals surface area contributed by atoms with E-state index in [1.165, 1.54) is 4.90 Å². The highest BCUT2D eigenvalue weighted by molar-refractivity contribution is 7.86. The number of nitrogens with two attached hydrogens (primary N) is 1. The largest absolute Gasteiger partial charge is 0.333 e. The van der Waals surface area contributed by atoms with Crippen LogP contribution in [0, 0.1) is 6.92 Å². The Hall–Kier alpha value is -1.52. The molecule has 0 saturated carbocycles. The van der Waals surface area contributed by atoms with Gasteiger partial charge in [-0.25, -0.2) is 10.1 Å². The first-order chi connectivity index (χ1) is 8.38. The highest BCUT2D eigenvalue weighted by Gasteiger charge is 2.28. The van der Waals surface area contributed by atoms with Crippen LogP contribution in [0.15, 0.2) is 0 Å². The molecular formula is C8H14N6O3S. The minimum atomic E-state index is -3.68. The molecule has 0 bridgehead atoms. The van der Waals surface area contributed by atoms with Crippen molar-refractivity contribution >= 4 is 16.1 Å². The van der Waals surface area contributed by atoms with Crippen LogP contribution in [0.4, 0.5) is 0 Å². The Morgan fingerprint density at radius 2 is 1.94 bits per heavy atom. The van der Waals surface area contributed by atoms with Gasteiger partial charge in [-0.1, -0.05) is 0 Å². The molecule has 10 heteroatoms. The smallest absolute Gasteiger partial charge is 0.293 e. The van der Waals surface area contributed by atoms with Crippen LogP contribution in [0.25, 0.3) is 0 Å². The van der Waals surface area contributed by atoms with Crippen molar-refractivity contribution in [2.45, 2.75) is 6.92 Å². The molecule has 0 aromatic carbocycles. The predicted molar refractivity (Wildman–Crippen MR) is 61.7 cm³/mol. The molecule has 1 aliphatic rings.